The van der Waals surface area contributed by atoms with E-state index in [1.807, 2.05) is 0 Å². The van der Waals surface area contributed by atoms with E-state index in [0.717, 1.165) is 0 Å². The summed E-state index contributed by atoms with van der Waals surface area (Å²) < 4.78 is 51.3. The molecule has 22 heavy (non-hydrogen) atoms. The van der Waals surface area contributed by atoms with Crippen LogP contribution in [-0.2, 0) is 10.0 Å². The SMILES string of the molecule is O=S(=O)(Nc1ccc(SC(F)F)cc1)c1cc(Cl)ccc1Cl. The molecular weight excluding hydrogens is 375 g/mol. The summed E-state index contributed by atoms with van der Waals surface area (Å²) in [6.45, 7) is 0. The Bertz CT molecular complexity index is 768. The van der Waals surface area contributed by atoms with Crippen molar-refractivity contribution in [1.82, 2.24) is 0 Å². The van der Waals surface area contributed by atoms with Crippen LogP contribution in [0.4, 0.5) is 14.5 Å². The third-order valence-corrected chi connectivity index (χ3v) is 5.33. The first-order valence-corrected chi connectivity index (χ1v) is 8.92. The first kappa shape index (κ1) is 17.3. The Hall–Kier alpha value is -1.02. The molecule has 0 bridgehead atoms. The van der Waals surface area contributed by atoms with Crippen LogP contribution in [0.2, 0.25) is 10.0 Å². The third kappa shape index (κ3) is 4.49. The molecule has 2 rings (SSSR count). The number of thioether (sulfide) groups is 1. The second-order valence-corrected chi connectivity index (χ2v) is 7.64. The molecule has 1 N–H and O–H groups in total. The van der Waals surface area contributed by atoms with Gasteiger partial charge in [0, 0.05) is 15.6 Å². The zero-order chi connectivity index (χ0) is 16.3. The van der Waals surface area contributed by atoms with Gasteiger partial charge in [0.05, 0.1) is 5.02 Å². The first-order chi connectivity index (χ1) is 10.3. The number of alkyl halides is 2. The van der Waals surface area contributed by atoms with Gasteiger partial charge in [0.25, 0.3) is 15.8 Å². The molecule has 2 aromatic rings. The number of hydrogen-bond acceptors (Lipinski definition) is 3. The molecule has 0 saturated heterocycles. The molecule has 0 atom stereocenters. The lowest BCUT2D eigenvalue weighted by molar-refractivity contribution is 0.252. The van der Waals surface area contributed by atoms with Crippen molar-refractivity contribution in [2.45, 2.75) is 15.5 Å². The van der Waals surface area contributed by atoms with Gasteiger partial charge in [-0.2, -0.15) is 8.78 Å². The molecule has 0 aromatic heterocycles. The highest BCUT2D eigenvalue weighted by Crippen LogP contribution is 2.29. The van der Waals surface area contributed by atoms with E-state index in [0.29, 0.717) is 16.7 Å². The second-order valence-electron chi connectivity index (χ2n) is 4.08. The molecule has 3 nitrogen and oxygen atoms in total. The zero-order valence-electron chi connectivity index (χ0n) is 10.8. The summed E-state index contributed by atoms with van der Waals surface area (Å²) in [7, 11) is -3.92. The van der Waals surface area contributed by atoms with Gasteiger partial charge in [-0.25, -0.2) is 8.42 Å². The molecule has 0 amide bonds. The van der Waals surface area contributed by atoms with E-state index in [1.54, 1.807) is 0 Å². The summed E-state index contributed by atoms with van der Waals surface area (Å²) in [6.07, 6.45) is 0. The summed E-state index contributed by atoms with van der Waals surface area (Å²) in [4.78, 5) is 0.173. The largest absolute Gasteiger partial charge is 0.288 e. The van der Waals surface area contributed by atoms with Crippen molar-refractivity contribution in [2.24, 2.45) is 0 Å². The predicted octanol–water partition coefficient (Wildman–Crippen LogP) is 5.11. The Morgan fingerprint density at radius 1 is 1.05 bits per heavy atom. The monoisotopic (exact) mass is 383 g/mol. The van der Waals surface area contributed by atoms with E-state index in [4.69, 9.17) is 23.2 Å². The summed E-state index contributed by atoms with van der Waals surface area (Å²) in [5, 5.41) is 0.259. The van der Waals surface area contributed by atoms with Crippen molar-refractivity contribution in [3.8, 4) is 0 Å². The molecular formula is C13H9Cl2F2NO2S2. The fraction of sp³-hybridized carbons (Fsp3) is 0.0769. The fourth-order valence-corrected chi connectivity index (χ4v) is 3.92. The predicted molar refractivity (Wildman–Crippen MR) is 85.6 cm³/mol. The topological polar surface area (TPSA) is 46.2 Å². The molecule has 0 spiro atoms. The van der Waals surface area contributed by atoms with E-state index in [9.17, 15) is 17.2 Å². The van der Waals surface area contributed by atoms with Gasteiger partial charge >= 0.3 is 0 Å². The van der Waals surface area contributed by atoms with Crippen molar-refractivity contribution in [3.05, 3.63) is 52.5 Å². The van der Waals surface area contributed by atoms with Crippen LogP contribution in [-0.4, -0.2) is 14.2 Å². The van der Waals surface area contributed by atoms with Crippen LogP contribution in [0.5, 0.6) is 0 Å². The van der Waals surface area contributed by atoms with Gasteiger partial charge in [-0.1, -0.05) is 35.0 Å². The quantitative estimate of drug-likeness (QED) is 0.729. The molecule has 9 heteroatoms. The number of rotatable bonds is 5. The zero-order valence-corrected chi connectivity index (χ0v) is 13.9. The van der Waals surface area contributed by atoms with Gasteiger partial charge in [-0.3, -0.25) is 4.72 Å². The smallest absolute Gasteiger partial charge is 0.280 e. The van der Waals surface area contributed by atoms with E-state index in [-0.39, 0.29) is 20.6 Å². The Labute approximate surface area is 140 Å². The highest BCUT2D eigenvalue weighted by atomic mass is 35.5. The van der Waals surface area contributed by atoms with Crippen molar-refractivity contribution >= 4 is 50.7 Å². The minimum atomic E-state index is -3.92. The number of hydrogen-bond donors (Lipinski definition) is 1. The average molecular weight is 384 g/mol. The molecule has 0 saturated carbocycles. The van der Waals surface area contributed by atoms with Gasteiger partial charge in [0.15, 0.2) is 0 Å². The molecule has 0 radical (unpaired) electrons. The lowest BCUT2D eigenvalue weighted by atomic mass is 10.3. The van der Waals surface area contributed by atoms with Crippen molar-refractivity contribution in [2.75, 3.05) is 4.72 Å². The third-order valence-electron chi connectivity index (χ3n) is 2.51. The minimum Gasteiger partial charge on any atom is -0.280 e. The molecule has 118 valence electrons. The van der Waals surface area contributed by atoms with Gasteiger partial charge in [-0.05, 0) is 42.5 Å². The summed E-state index contributed by atoms with van der Waals surface area (Å²) in [5.41, 5.74) is 0.231. The maximum absolute atomic E-state index is 12.3. The van der Waals surface area contributed by atoms with Crippen molar-refractivity contribution in [3.63, 3.8) is 0 Å². The van der Waals surface area contributed by atoms with Crippen LogP contribution in [0.25, 0.3) is 0 Å². The molecule has 0 heterocycles. The number of anilines is 1. The molecule has 0 aliphatic rings. The lowest BCUT2D eigenvalue weighted by Gasteiger charge is -2.10. The first-order valence-electron chi connectivity index (χ1n) is 5.81. The van der Waals surface area contributed by atoms with Crippen LogP contribution >= 0.6 is 35.0 Å². The van der Waals surface area contributed by atoms with Gasteiger partial charge in [0.1, 0.15) is 4.90 Å². The minimum absolute atomic E-state index is 0.0294. The van der Waals surface area contributed by atoms with Gasteiger partial charge in [0.2, 0.25) is 0 Å². The molecule has 0 aliphatic heterocycles. The van der Waals surface area contributed by atoms with Crippen LogP contribution in [0.15, 0.2) is 52.3 Å². The Balaban J connectivity index is 2.23. The number of benzene rings is 2. The number of sulfonamides is 1. The van der Waals surface area contributed by atoms with Crippen LogP contribution < -0.4 is 4.72 Å². The maximum Gasteiger partial charge on any atom is 0.288 e. The fourth-order valence-electron chi connectivity index (χ4n) is 1.60. The number of nitrogens with one attached hydrogen (secondary N) is 1. The van der Waals surface area contributed by atoms with Crippen LogP contribution in [0, 0.1) is 0 Å². The van der Waals surface area contributed by atoms with Gasteiger partial charge < -0.3 is 0 Å². The van der Waals surface area contributed by atoms with E-state index in [2.05, 4.69) is 4.72 Å². The highest BCUT2D eigenvalue weighted by Gasteiger charge is 2.18. The van der Waals surface area contributed by atoms with Crippen molar-refractivity contribution in [1.29, 1.82) is 0 Å². The normalized spacial score (nSPS) is 11.7. The van der Waals surface area contributed by atoms with Crippen LogP contribution in [0.3, 0.4) is 0 Å². The van der Waals surface area contributed by atoms with E-state index in [1.165, 1.54) is 42.5 Å². The molecule has 2 aromatic carbocycles. The Kier molecular flexibility index (Phi) is 5.55. The van der Waals surface area contributed by atoms with Gasteiger partial charge in [-0.15, -0.1) is 0 Å². The number of halogens is 4. The van der Waals surface area contributed by atoms with E-state index >= 15 is 0 Å². The summed E-state index contributed by atoms with van der Waals surface area (Å²) >= 11 is 12.0. The summed E-state index contributed by atoms with van der Waals surface area (Å²) in [5.74, 6) is -2.53. The Morgan fingerprint density at radius 2 is 1.68 bits per heavy atom. The standard InChI is InChI=1S/C13H9Cl2F2NO2S2/c14-8-1-6-11(15)12(7-8)22(19,20)18-9-2-4-10(5-3-9)21-13(16)17/h1-7,13,18H. The van der Waals surface area contributed by atoms with Crippen molar-refractivity contribution < 1.29 is 17.2 Å². The summed E-state index contributed by atoms with van der Waals surface area (Å²) in [6, 6.07) is 9.65. The average Bonchev–Trinajstić information content (AvgIpc) is 2.43. The van der Waals surface area contributed by atoms with E-state index < -0.39 is 15.8 Å². The lowest BCUT2D eigenvalue weighted by Crippen LogP contribution is -2.13. The second kappa shape index (κ2) is 7.04. The molecule has 0 fully saturated rings. The Morgan fingerprint density at radius 3 is 2.27 bits per heavy atom. The molecule has 0 aliphatic carbocycles. The highest BCUT2D eigenvalue weighted by molar-refractivity contribution is 7.99. The maximum atomic E-state index is 12.3. The molecule has 0 unspecified atom stereocenters. The van der Waals surface area contributed by atoms with Crippen LogP contribution in [0.1, 0.15) is 0 Å².